The zero-order valence-corrected chi connectivity index (χ0v) is 20.1. The fourth-order valence-electron chi connectivity index (χ4n) is 5.95. The first kappa shape index (κ1) is 25.1. The number of fused-ring (bicyclic) bond motifs is 3. The number of carbonyl (C=O) groups is 2. The van der Waals surface area contributed by atoms with E-state index in [2.05, 4.69) is 7.49 Å². The van der Waals surface area contributed by atoms with Crippen molar-refractivity contribution in [2.75, 3.05) is 28.2 Å². The Balaban J connectivity index is 1.95. The van der Waals surface area contributed by atoms with E-state index in [4.69, 9.17) is 5.73 Å². The van der Waals surface area contributed by atoms with Gasteiger partial charge in [-0.25, -0.2) is 0 Å². The van der Waals surface area contributed by atoms with Gasteiger partial charge < -0.3 is 0 Å². The van der Waals surface area contributed by atoms with Gasteiger partial charge in [0.2, 0.25) is 0 Å². The van der Waals surface area contributed by atoms with Gasteiger partial charge in [0.1, 0.15) is 0 Å². The summed E-state index contributed by atoms with van der Waals surface area (Å²) in [4.78, 5) is 29.1. The zero-order valence-electron chi connectivity index (χ0n) is 20.1. The van der Waals surface area contributed by atoms with Crippen LogP contribution in [-0.2, 0) is 17.8 Å². The van der Waals surface area contributed by atoms with Gasteiger partial charge in [0, 0.05) is 0 Å². The second-order valence-electron chi connectivity index (χ2n) is 10.1. The number of halogens is 1. The third-order valence-corrected chi connectivity index (χ3v) is 7.42. The van der Waals surface area contributed by atoms with E-state index in [0.29, 0.717) is 0 Å². The van der Waals surface area contributed by atoms with Crippen molar-refractivity contribution >= 4 is 24.6 Å². The first-order chi connectivity index (χ1) is 16.2. The van der Waals surface area contributed by atoms with Gasteiger partial charge in [-0.2, -0.15) is 0 Å². The third-order valence-electron chi connectivity index (χ3n) is 7.42. The average Bonchev–Trinajstić information content (AvgIpc) is 2.73. The minimum absolute atomic E-state index is 0.00549. The molecule has 0 fully saturated rings. The number of Topliss-reactive ketones (excluding diaryl/α,β-unsaturated/α-hetero) is 1. The van der Waals surface area contributed by atoms with Crippen LogP contribution in [-0.4, -0.2) is 94.7 Å². The molecular weight excluding hydrogens is 456 g/mol. The van der Waals surface area contributed by atoms with Gasteiger partial charge in [-0.15, -0.1) is 0 Å². The Bertz CT molecular complexity index is 1240. The number of primary amides is 1. The van der Waals surface area contributed by atoms with Crippen LogP contribution in [0.1, 0.15) is 27.9 Å². The molecule has 0 aromatic heterocycles. The number of aliphatic hydroxyl groups is 3. The molecule has 3 aliphatic carbocycles. The van der Waals surface area contributed by atoms with Crippen molar-refractivity contribution in [3.05, 3.63) is 51.2 Å². The number of ketones is 1. The number of benzene rings is 1. The fraction of sp³-hybridized carbons (Fsp3) is 0.458. The molecule has 35 heavy (non-hydrogen) atoms. The summed E-state index contributed by atoms with van der Waals surface area (Å²) in [5, 5.41) is 44.9. The Hall–Kier alpha value is -3.02. The van der Waals surface area contributed by atoms with Crippen LogP contribution in [0.5, 0.6) is 5.75 Å². The standard InChI is InChI=1S/C24H29BFN3O6/c1-28(2)8-10-7-13(26)11-5-9-6-12-17(29(3)4)20(32)16(23(27)34)21(25)24(12,35)22(33)14(9)19(31)15(11)18(10)30/h7,9,12,17,25,30,32-33,35H,5-6,8H2,1-4H3,(H2,27,34)/t9-,12-,17-,24+/m0/s1. The molecule has 3 aliphatic rings. The van der Waals surface area contributed by atoms with Gasteiger partial charge in [-0.3, -0.25) is 0 Å². The van der Waals surface area contributed by atoms with Crippen LogP contribution in [0.2, 0.25) is 0 Å². The van der Waals surface area contributed by atoms with Gasteiger partial charge in [0.15, 0.2) is 0 Å². The molecule has 0 saturated heterocycles. The van der Waals surface area contributed by atoms with E-state index in [1.54, 1.807) is 38.0 Å². The number of aliphatic hydroxyl groups excluding tert-OH is 2. The van der Waals surface area contributed by atoms with Crippen molar-refractivity contribution in [1.82, 2.24) is 9.80 Å². The minimum atomic E-state index is -2.28. The maximum atomic E-state index is 15.1. The molecule has 0 unspecified atom stereocenters. The van der Waals surface area contributed by atoms with Crippen molar-refractivity contribution in [2.24, 2.45) is 17.6 Å². The summed E-state index contributed by atoms with van der Waals surface area (Å²) in [5.41, 5.74) is 2.28. The van der Waals surface area contributed by atoms with Crippen molar-refractivity contribution in [3.8, 4) is 5.75 Å². The topological polar surface area (TPSA) is 148 Å². The Morgan fingerprint density at radius 2 is 1.89 bits per heavy atom. The molecule has 6 N–H and O–H groups in total. The molecule has 1 amide bonds. The van der Waals surface area contributed by atoms with E-state index in [1.165, 1.54) is 6.07 Å². The number of nitrogens with two attached hydrogens (primary N) is 1. The number of hydrogen-bond acceptors (Lipinski definition) is 8. The molecule has 0 spiro atoms. The molecule has 0 radical (unpaired) electrons. The Morgan fingerprint density at radius 3 is 2.43 bits per heavy atom. The number of likely N-dealkylation sites (N-methyl/N-ethyl adjacent to an activating group) is 1. The quantitative estimate of drug-likeness (QED) is 0.370. The predicted molar refractivity (Wildman–Crippen MR) is 128 cm³/mol. The number of allylic oxidation sites excluding steroid dienone is 1. The summed E-state index contributed by atoms with van der Waals surface area (Å²) in [5.74, 6) is -5.59. The molecular formula is C24H29BFN3O6. The second-order valence-corrected chi connectivity index (χ2v) is 10.1. The molecule has 0 saturated carbocycles. The van der Waals surface area contributed by atoms with Gasteiger partial charge in [0.05, 0.1) is 0 Å². The number of amides is 1. The number of nitrogens with zero attached hydrogens (tertiary/aromatic N) is 2. The van der Waals surface area contributed by atoms with E-state index in [9.17, 15) is 30.0 Å². The van der Waals surface area contributed by atoms with Crippen molar-refractivity contribution < 1.29 is 34.4 Å². The first-order valence-corrected chi connectivity index (χ1v) is 11.2. The van der Waals surface area contributed by atoms with Gasteiger partial charge in [0.25, 0.3) is 0 Å². The number of rotatable bonds is 4. The average molecular weight is 485 g/mol. The van der Waals surface area contributed by atoms with Crippen LogP contribution in [0.25, 0.3) is 0 Å². The van der Waals surface area contributed by atoms with E-state index in [0.717, 1.165) is 0 Å². The van der Waals surface area contributed by atoms with Crippen molar-refractivity contribution in [2.45, 2.75) is 31.0 Å². The van der Waals surface area contributed by atoms with Crippen LogP contribution in [0.4, 0.5) is 4.39 Å². The molecule has 0 aliphatic heterocycles. The summed E-state index contributed by atoms with van der Waals surface area (Å²) in [7, 11) is 10.4. The molecule has 186 valence electrons. The fourth-order valence-corrected chi connectivity index (χ4v) is 5.95. The van der Waals surface area contributed by atoms with E-state index in [-0.39, 0.29) is 52.9 Å². The Kier molecular flexibility index (Phi) is 5.94. The van der Waals surface area contributed by atoms with Crippen LogP contribution in [0.15, 0.2) is 28.7 Å². The van der Waals surface area contributed by atoms with Crippen LogP contribution in [0, 0.1) is 17.7 Å². The van der Waals surface area contributed by atoms with Crippen molar-refractivity contribution in [3.63, 3.8) is 0 Å². The first-order valence-electron chi connectivity index (χ1n) is 11.2. The van der Waals surface area contributed by atoms with E-state index in [1.807, 2.05) is 0 Å². The number of carbonyl (C=O) groups excluding carboxylic acids is 2. The normalized spacial score (nSPS) is 28.4. The molecule has 9 nitrogen and oxygen atoms in total. The second kappa shape index (κ2) is 8.29. The van der Waals surface area contributed by atoms with Gasteiger partial charge in [-0.1, -0.05) is 0 Å². The van der Waals surface area contributed by atoms with Crippen LogP contribution in [0.3, 0.4) is 0 Å². The number of phenolic OH excluding ortho intramolecular Hbond substituents is 1. The molecule has 0 heterocycles. The van der Waals surface area contributed by atoms with E-state index >= 15 is 4.39 Å². The monoisotopic (exact) mass is 485 g/mol. The Labute approximate surface area is 203 Å². The van der Waals surface area contributed by atoms with Gasteiger partial charge >= 0.3 is 203 Å². The predicted octanol–water partition coefficient (Wildman–Crippen LogP) is -0.175. The summed E-state index contributed by atoms with van der Waals surface area (Å²) < 4.78 is 15.1. The van der Waals surface area contributed by atoms with E-state index < -0.39 is 58.1 Å². The summed E-state index contributed by atoms with van der Waals surface area (Å²) >= 11 is 0. The summed E-state index contributed by atoms with van der Waals surface area (Å²) in [6.45, 7) is 0.178. The maximum absolute atomic E-state index is 15.1. The molecule has 0 bridgehead atoms. The van der Waals surface area contributed by atoms with Crippen molar-refractivity contribution in [1.29, 1.82) is 0 Å². The number of hydrogen-bond donors (Lipinski definition) is 5. The molecule has 1 aromatic rings. The molecule has 11 heteroatoms. The number of aromatic hydroxyl groups is 1. The third kappa shape index (κ3) is 3.44. The summed E-state index contributed by atoms with van der Waals surface area (Å²) in [6.07, 6.45) is 0.0627. The molecule has 4 atom stereocenters. The summed E-state index contributed by atoms with van der Waals surface area (Å²) in [6, 6.07) is 0.266. The van der Waals surface area contributed by atoms with Crippen LogP contribution >= 0.6 is 0 Å². The number of phenols is 1. The zero-order chi connectivity index (χ0) is 26.1. The van der Waals surface area contributed by atoms with Gasteiger partial charge in [-0.05, 0) is 0 Å². The SMILES string of the molecule is B=C1C(C(N)=O)=C(O)[C@@H](N(C)C)[C@@H]2C[C@@H]3Cc4c(F)cc(CN(C)C)c(O)c4C(=O)C3=C(O)[C@]12O. The molecule has 4 rings (SSSR count). The molecule has 1 aromatic carbocycles. The van der Waals surface area contributed by atoms with Crippen LogP contribution < -0.4 is 5.73 Å². The Morgan fingerprint density at radius 1 is 1.26 bits per heavy atom.